The number of anilines is 1. The lowest BCUT2D eigenvalue weighted by Crippen LogP contribution is -2.43. The van der Waals surface area contributed by atoms with E-state index < -0.39 is 0 Å². The number of rotatable bonds is 4. The monoisotopic (exact) mass is 313 g/mol. The van der Waals surface area contributed by atoms with Gasteiger partial charge in [-0.2, -0.15) is 0 Å². The molecule has 0 spiro atoms. The van der Waals surface area contributed by atoms with Crippen LogP contribution in [-0.4, -0.2) is 17.1 Å². The zero-order chi connectivity index (χ0) is 17.2. The Morgan fingerprint density at radius 2 is 1.65 bits per heavy atom. The molecule has 2 rings (SSSR count). The van der Waals surface area contributed by atoms with E-state index in [2.05, 4.69) is 44.7 Å². The van der Waals surface area contributed by atoms with Gasteiger partial charge in [0.2, 0.25) is 5.78 Å². The van der Waals surface area contributed by atoms with E-state index in [0.717, 1.165) is 30.6 Å². The molecule has 0 aliphatic heterocycles. The van der Waals surface area contributed by atoms with Crippen molar-refractivity contribution in [1.29, 1.82) is 0 Å². The van der Waals surface area contributed by atoms with Crippen molar-refractivity contribution in [3.63, 3.8) is 0 Å². The Kier molecular flexibility index (Phi) is 5.08. The number of allylic oxidation sites excluding steroid dienone is 2. The number of carbonyl (C=O) groups is 2. The van der Waals surface area contributed by atoms with Crippen molar-refractivity contribution < 1.29 is 9.59 Å². The predicted octanol–water partition coefficient (Wildman–Crippen LogP) is 4.59. The molecule has 0 atom stereocenters. The van der Waals surface area contributed by atoms with Gasteiger partial charge in [0.1, 0.15) is 0 Å². The third-order valence-electron chi connectivity index (χ3n) is 4.33. The summed E-state index contributed by atoms with van der Waals surface area (Å²) in [7, 11) is 0. The minimum absolute atomic E-state index is 0.166. The first-order chi connectivity index (χ1) is 10.7. The molecule has 23 heavy (non-hydrogen) atoms. The number of carbonyl (C=O) groups excluding carboxylic acids is 2. The zero-order valence-electron chi connectivity index (χ0n) is 14.9. The summed E-state index contributed by atoms with van der Waals surface area (Å²) in [5.74, 6) is -0.680. The second-order valence-corrected chi connectivity index (χ2v) is 7.31. The van der Waals surface area contributed by atoms with Gasteiger partial charge >= 0.3 is 0 Å². The summed E-state index contributed by atoms with van der Waals surface area (Å²) in [4.78, 5) is 26.3. The van der Waals surface area contributed by atoms with Gasteiger partial charge in [-0.05, 0) is 65.0 Å². The molecule has 0 saturated heterocycles. The smallest absolute Gasteiger partial charge is 0.225 e. The Morgan fingerprint density at radius 3 is 2.22 bits per heavy atom. The lowest BCUT2D eigenvalue weighted by molar-refractivity contribution is -0.133. The molecule has 0 radical (unpaired) electrons. The molecule has 0 bridgehead atoms. The fraction of sp³-hybridized carbons (Fsp3) is 0.500. The molecule has 0 N–H and O–H groups in total. The molecule has 1 aliphatic carbocycles. The number of ketones is 2. The van der Waals surface area contributed by atoms with Crippen molar-refractivity contribution in [2.45, 2.75) is 65.8 Å². The number of hydrogen-bond donors (Lipinski definition) is 0. The molecular weight excluding hydrogens is 286 g/mol. The molecule has 0 amide bonds. The number of aryl methyl sites for hydroxylation is 1. The van der Waals surface area contributed by atoms with Gasteiger partial charge in [0.05, 0.1) is 0 Å². The summed E-state index contributed by atoms with van der Waals surface area (Å²) >= 11 is 0. The third-order valence-corrected chi connectivity index (χ3v) is 4.33. The van der Waals surface area contributed by atoms with E-state index >= 15 is 0 Å². The number of Topliss-reactive ketones (excluding diaryl/α,β-unsaturated/α-hetero) is 2. The van der Waals surface area contributed by atoms with Crippen molar-refractivity contribution in [2.24, 2.45) is 0 Å². The standard InChI is InChI=1S/C20H27NO2/c1-14-10-6-8-12-17(14)21(20(3,4)5)18-13-9-7-11-16(18)19(23)15(2)22/h6,8,10,12H,7,9,11,13H2,1-5H3. The van der Waals surface area contributed by atoms with E-state index in [1.54, 1.807) is 0 Å². The molecule has 1 aliphatic rings. The molecule has 1 aromatic carbocycles. The highest BCUT2D eigenvalue weighted by molar-refractivity contribution is 6.43. The van der Waals surface area contributed by atoms with Gasteiger partial charge in [-0.25, -0.2) is 0 Å². The SMILES string of the molecule is CC(=O)C(=O)C1=C(N(c2ccccc2C)C(C)(C)C)CCCC1. The average Bonchev–Trinajstić information content (AvgIpc) is 2.48. The van der Waals surface area contributed by atoms with Gasteiger partial charge in [0.25, 0.3) is 0 Å². The highest BCUT2D eigenvalue weighted by Gasteiger charge is 2.32. The van der Waals surface area contributed by atoms with Crippen molar-refractivity contribution in [2.75, 3.05) is 4.90 Å². The fourth-order valence-corrected chi connectivity index (χ4v) is 3.32. The molecule has 3 nitrogen and oxygen atoms in total. The fourth-order valence-electron chi connectivity index (χ4n) is 3.32. The first-order valence-electron chi connectivity index (χ1n) is 8.36. The van der Waals surface area contributed by atoms with E-state index in [1.165, 1.54) is 12.5 Å². The minimum atomic E-state index is -0.363. The highest BCUT2D eigenvalue weighted by Crippen LogP contribution is 2.37. The van der Waals surface area contributed by atoms with Crippen LogP contribution in [0.4, 0.5) is 5.69 Å². The van der Waals surface area contributed by atoms with Crippen LogP contribution >= 0.6 is 0 Å². The second kappa shape index (κ2) is 6.69. The quantitative estimate of drug-likeness (QED) is 0.763. The van der Waals surface area contributed by atoms with Crippen molar-refractivity contribution in [3.05, 3.63) is 41.1 Å². The van der Waals surface area contributed by atoms with Gasteiger partial charge in [-0.1, -0.05) is 18.2 Å². The normalized spacial score (nSPS) is 15.5. The van der Waals surface area contributed by atoms with Gasteiger partial charge in [-0.15, -0.1) is 0 Å². The Balaban J connectivity index is 2.64. The first kappa shape index (κ1) is 17.5. The lowest BCUT2D eigenvalue weighted by Gasteiger charge is -2.42. The van der Waals surface area contributed by atoms with Gasteiger partial charge < -0.3 is 4.90 Å². The van der Waals surface area contributed by atoms with E-state index in [1.807, 2.05) is 12.1 Å². The van der Waals surface area contributed by atoms with Gasteiger partial charge in [-0.3, -0.25) is 9.59 Å². The van der Waals surface area contributed by atoms with Gasteiger partial charge in [0.15, 0.2) is 5.78 Å². The Hall–Kier alpha value is -1.90. The van der Waals surface area contributed by atoms with E-state index in [4.69, 9.17) is 0 Å². The van der Waals surface area contributed by atoms with Crippen LogP contribution in [0.25, 0.3) is 0 Å². The summed E-state index contributed by atoms with van der Waals surface area (Å²) in [6, 6.07) is 8.23. The van der Waals surface area contributed by atoms with Crippen LogP contribution in [0.3, 0.4) is 0 Å². The van der Waals surface area contributed by atoms with Crippen molar-refractivity contribution >= 4 is 17.3 Å². The molecular formula is C20H27NO2. The van der Waals surface area contributed by atoms with Crippen LogP contribution in [0, 0.1) is 6.92 Å². The maximum absolute atomic E-state index is 12.4. The molecule has 0 aromatic heterocycles. The summed E-state index contributed by atoms with van der Waals surface area (Å²) < 4.78 is 0. The number of benzene rings is 1. The summed E-state index contributed by atoms with van der Waals surface area (Å²) in [5.41, 5.74) is 3.86. The topological polar surface area (TPSA) is 37.4 Å². The van der Waals surface area contributed by atoms with Crippen LogP contribution < -0.4 is 4.90 Å². The zero-order valence-corrected chi connectivity index (χ0v) is 14.9. The first-order valence-corrected chi connectivity index (χ1v) is 8.36. The lowest BCUT2D eigenvalue weighted by atomic mass is 9.88. The van der Waals surface area contributed by atoms with Crippen LogP contribution in [0.2, 0.25) is 0 Å². The average molecular weight is 313 g/mol. The maximum Gasteiger partial charge on any atom is 0.225 e. The Labute approximate surface area is 139 Å². The van der Waals surface area contributed by atoms with Crippen LogP contribution in [0.5, 0.6) is 0 Å². The van der Waals surface area contributed by atoms with E-state index in [0.29, 0.717) is 12.0 Å². The second-order valence-electron chi connectivity index (χ2n) is 7.31. The summed E-state index contributed by atoms with van der Waals surface area (Å²) in [5, 5.41) is 0. The molecule has 3 heteroatoms. The van der Waals surface area contributed by atoms with Crippen LogP contribution in [-0.2, 0) is 9.59 Å². The molecule has 0 fully saturated rings. The molecule has 0 saturated carbocycles. The Morgan fingerprint density at radius 1 is 1.04 bits per heavy atom. The molecule has 124 valence electrons. The number of hydrogen-bond acceptors (Lipinski definition) is 3. The van der Waals surface area contributed by atoms with E-state index in [-0.39, 0.29) is 17.1 Å². The Bertz CT molecular complexity index is 650. The predicted molar refractivity (Wildman–Crippen MR) is 94.6 cm³/mol. The van der Waals surface area contributed by atoms with Crippen molar-refractivity contribution in [1.82, 2.24) is 0 Å². The third kappa shape index (κ3) is 3.72. The largest absolute Gasteiger partial charge is 0.339 e. The highest BCUT2D eigenvalue weighted by atomic mass is 16.2. The maximum atomic E-state index is 12.4. The van der Waals surface area contributed by atoms with Crippen LogP contribution in [0.15, 0.2) is 35.5 Å². The molecule has 0 unspecified atom stereocenters. The number of para-hydroxylation sites is 1. The summed E-state index contributed by atoms with van der Waals surface area (Å²) in [6.45, 7) is 9.91. The number of nitrogens with zero attached hydrogens (tertiary/aromatic N) is 1. The molecule has 0 heterocycles. The van der Waals surface area contributed by atoms with E-state index in [9.17, 15) is 9.59 Å². The van der Waals surface area contributed by atoms with Gasteiger partial charge in [0, 0.05) is 29.4 Å². The van der Waals surface area contributed by atoms with Crippen LogP contribution in [0.1, 0.15) is 58.9 Å². The summed E-state index contributed by atoms with van der Waals surface area (Å²) in [6.07, 6.45) is 3.58. The minimum Gasteiger partial charge on any atom is -0.339 e. The van der Waals surface area contributed by atoms with Crippen molar-refractivity contribution in [3.8, 4) is 0 Å². The molecule has 1 aromatic rings.